The van der Waals surface area contributed by atoms with Gasteiger partial charge in [0.05, 0.1) is 0 Å². The van der Waals surface area contributed by atoms with Gasteiger partial charge in [-0.15, -0.1) is 0 Å². The van der Waals surface area contributed by atoms with Crippen LogP contribution in [0.5, 0.6) is 0 Å². The lowest BCUT2D eigenvalue weighted by Crippen LogP contribution is -2.44. The maximum absolute atomic E-state index is 12.4. The van der Waals surface area contributed by atoms with Crippen molar-refractivity contribution in [2.45, 2.75) is 59.3 Å². The van der Waals surface area contributed by atoms with Crippen molar-refractivity contribution < 1.29 is 4.79 Å². The molecule has 0 aromatic carbocycles. The van der Waals surface area contributed by atoms with Gasteiger partial charge in [-0.2, -0.15) is 0 Å². The topological polar surface area (TPSA) is 20.3 Å². The fraction of sp³-hybridized carbons (Fsp3) is 0.938. The van der Waals surface area contributed by atoms with Crippen LogP contribution in [0.25, 0.3) is 0 Å². The highest BCUT2D eigenvalue weighted by molar-refractivity contribution is 5.87. The number of likely N-dealkylation sites (tertiary alicyclic amines) is 1. The summed E-state index contributed by atoms with van der Waals surface area (Å²) in [5.74, 6) is 1.76. The van der Waals surface area contributed by atoms with Crippen molar-refractivity contribution in [1.29, 1.82) is 0 Å². The van der Waals surface area contributed by atoms with Gasteiger partial charge < -0.3 is 4.90 Å². The third-order valence-electron chi connectivity index (χ3n) is 5.16. The van der Waals surface area contributed by atoms with Crippen molar-refractivity contribution in [3.05, 3.63) is 0 Å². The van der Waals surface area contributed by atoms with Crippen LogP contribution in [0.4, 0.5) is 0 Å². The lowest BCUT2D eigenvalue weighted by Gasteiger charge is -2.38. The van der Waals surface area contributed by atoms with Gasteiger partial charge in [0.25, 0.3) is 0 Å². The van der Waals surface area contributed by atoms with E-state index in [1.165, 1.54) is 38.8 Å². The van der Waals surface area contributed by atoms with Crippen LogP contribution in [-0.4, -0.2) is 30.3 Å². The average Bonchev–Trinajstić information content (AvgIpc) is 2.36. The molecule has 1 aliphatic heterocycles. The van der Waals surface area contributed by atoms with E-state index in [9.17, 15) is 4.79 Å². The highest BCUT2D eigenvalue weighted by Crippen LogP contribution is 2.36. The minimum Gasteiger partial charge on any atom is -0.303 e. The molecular formula is C16H29NO. The van der Waals surface area contributed by atoms with Crippen molar-refractivity contribution in [3.8, 4) is 0 Å². The summed E-state index contributed by atoms with van der Waals surface area (Å²) < 4.78 is 0. The first kappa shape index (κ1) is 14.0. The summed E-state index contributed by atoms with van der Waals surface area (Å²) in [4.78, 5) is 15.0. The number of hydrogen-bond donors (Lipinski definition) is 0. The molecule has 0 radical (unpaired) electrons. The molecule has 1 heterocycles. The molecule has 1 unspecified atom stereocenters. The van der Waals surface area contributed by atoms with Crippen LogP contribution < -0.4 is 0 Å². The van der Waals surface area contributed by atoms with Crippen molar-refractivity contribution in [2.75, 3.05) is 19.6 Å². The Morgan fingerprint density at radius 1 is 1.22 bits per heavy atom. The Bertz CT molecular complexity index is 289. The van der Waals surface area contributed by atoms with Crippen molar-refractivity contribution in [1.82, 2.24) is 4.90 Å². The Balaban J connectivity index is 1.84. The Morgan fingerprint density at radius 2 is 1.89 bits per heavy atom. The first-order valence-corrected chi connectivity index (χ1v) is 7.79. The second-order valence-electron chi connectivity index (χ2n) is 6.99. The van der Waals surface area contributed by atoms with Crippen LogP contribution in [0.1, 0.15) is 59.3 Å². The number of ketones is 1. The zero-order chi connectivity index (χ0) is 13.2. The van der Waals surface area contributed by atoms with Gasteiger partial charge >= 0.3 is 0 Å². The van der Waals surface area contributed by atoms with Gasteiger partial charge in [-0.3, -0.25) is 4.79 Å². The summed E-state index contributed by atoms with van der Waals surface area (Å²) in [6.07, 6.45) is 7.43. The summed E-state index contributed by atoms with van der Waals surface area (Å²) in [6.45, 7) is 10.0. The number of carbonyl (C=O) groups is 1. The molecule has 0 aromatic heterocycles. The molecule has 2 fully saturated rings. The van der Waals surface area contributed by atoms with E-state index in [0.717, 1.165) is 25.3 Å². The summed E-state index contributed by atoms with van der Waals surface area (Å²) in [6, 6.07) is 0. The highest BCUT2D eigenvalue weighted by atomic mass is 16.1. The van der Waals surface area contributed by atoms with E-state index in [4.69, 9.17) is 0 Å². The minimum atomic E-state index is -0.0648. The van der Waals surface area contributed by atoms with E-state index in [0.29, 0.717) is 11.7 Å². The third kappa shape index (κ3) is 3.14. The lowest BCUT2D eigenvalue weighted by molar-refractivity contribution is -0.135. The first-order chi connectivity index (χ1) is 8.53. The summed E-state index contributed by atoms with van der Waals surface area (Å²) in [5.41, 5.74) is -0.0648. The van der Waals surface area contributed by atoms with Crippen molar-refractivity contribution >= 4 is 5.78 Å². The quantitative estimate of drug-likeness (QED) is 0.765. The van der Waals surface area contributed by atoms with Crippen LogP contribution in [0.3, 0.4) is 0 Å². The Kier molecular flexibility index (Phi) is 4.47. The number of carbonyl (C=O) groups excluding carboxylic acids is 1. The zero-order valence-corrected chi connectivity index (χ0v) is 12.4. The maximum atomic E-state index is 12.4. The summed E-state index contributed by atoms with van der Waals surface area (Å²) in [7, 11) is 0. The molecular weight excluding hydrogens is 222 g/mol. The molecule has 1 aliphatic carbocycles. The number of hydrogen-bond acceptors (Lipinski definition) is 2. The summed E-state index contributed by atoms with van der Waals surface area (Å²) in [5, 5.41) is 0. The van der Waals surface area contributed by atoms with Crippen molar-refractivity contribution in [2.24, 2.45) is 17.3 Å². The zero-order valence-electron chi connectivity index (χ0n) is 12.4. The number of rotatable bonds is 3. The molecule has 1 saturated carbocycles. The number of piperidine rings is 1. The molecule has 2 heteroatoms. The maximum Gasteiger partial charge on any atom is 0.142 e. The first-order valence-electron chi connectivity index (χ1n) is 7.79. The molecule has 2 nitrogen and oxygen atoms in total. The third-order valence-corrected chi connectivity index (χ3v) is 5.16. The van der Waals surface area contributed by atoms with Crippen molar-refractivity contribution in [3.63, 3.8) is 0 Å². The van der Waals surface area contributed by atoms with E-state index in [1.807, 2.05) is 0 Å². The van der Waals surface area contributed by atoms with Crippen LogP contribution in [0.2, 0.25) is 0 Å². The van der Waals surface area contributed by atoms with Crippen LogP contribution in [0, 0.1) is 17.3 Å². The average molecular weight is 251 g/mol. The van der Waals surface area contributed by atoms with E-state index in [-0.39, 0.29) is 5.41 Å². The van der Waals surface area contributed by atoms with Gasteiger partial charge in [-0.1, -0.05) is 33.6 Å². The normalized spacial score (nSPS) is 30.6. The Hall–Kier alpha value is -0.370. The second kappa shape index (κ2) is 5.73. The van der Waals surface area contributed by atoms with E-state index < -0.39 is 0 Å². The van der Waals surface area contributed by atoms with Gasteiger partial charge in [-0.25, -0.2) is 0 Å². The molecule has 104 valence electrons. The monoisotopic (exact) mass is 251 g/mol. The molecule has 0 bridgehead atoms. The predicted octanol–water partition coefficient (Wildman–Crippen LogP) is 3.50. The Labute approximate surface area is 112 Å². The van der Waals surface area contributed by atoms with Gasteiger partial charge in [0, 0.05) is 17.9 Å². The standard InChI is InChI=1S/C16H29NO/c1-4-13-7-10-17(11-8-13)12-14-6-5-9-16(2,3)15(14)18/h13-14H,4-12H2,1-3H3. The lowest BCUT2D eigenvalue weighted by atomic mass is 9.71. The fourth-order valence-corrected chi connectivity index (χ4v) is 3.66. The molecule has 2 aliphatic rings. The largest absolute Gasteiger partial charge is 0.303 e. The Morgan fingerprint density at radius 3 is 2.50 bits per heavy atom. The molecule has 18 heavy (non-hydrogen) atoms. The van der Waals surface area contributed by atoms with Gasteiger partial charge in [0.15, 0.2) is 0 Å². The molecule has 1 atom stereocenters. The molecule has 2 rings (SSSR count). The van der Waals surface area contributed by atoms with Crippen LogP contribution >= 0.6 is 0 Å². The van der Waals surface area contributed by atoms with Gasteiger partial charge in [0.1, 0.15) is 5.78 Å². The van der Waals surface area contributed by atoms with Gasteiger partial charge in [0.2, 0.25) is 0 Å². The summed E-state index contributed by atoms with van der Waals surface area (Å²) >= 11 is 0. The number of Topliss-reactive ketones (excluding diaryl/α,β-unsaturated/α-hetero) is 1. The minimum absolute atomic E-state index is 0.0648. The smallest absolute Gasteiger partial charge is 0.142 e. The van der Waals surface area contributed by atoms with E-state index in [2.05, 4.69) is 25.7 Å². The van der Waals surface area contributed by atoms with Crippen LogP contribution in [0.15, 0.2) is 0 Å². The fourth-order valence-electron chi connectivity index (χ4n) is 3.66. The van der Waals surface area contributed by atoms with E-state index >= 15 is 0 Å². The van der Waals surface area contributed by atoms with E-state index in [1.54, 1.807) is 0 Å². The SMILES string of the molecule is CCC1CCN(CC2CCCC(C)(C)C2=O)CC1. The van der Waals surface area contributed by atoms with Gasteiger partial charge in [-0.05, 0) is 44.7 Å². The molecule has 0 amide bonds. The second-order valence-corrected chi connectivity index (χ2v) is 6.99. The van der Waals surface area contributed by atoms with Crippen LogP contribution in [-0.2, 0) is 4.79 Å². The molecule has 0 aromatic rings. The molecule has 1 saturated heterocycles. The molecule has 0 N–H and O–H groups in total. The number of nitrogens with zero attached hydrogens (tertiary/aromatic N) is 1. The highest BCUT2D eigenvalue weighted by Gasteiger charge is 2.38. The molecule has 0 spiro atoms. The predicted molar refractivity (Wildman–Crippen MR) is 75.6 cm³/mol.